The monoisotopic (exact) mass is 876 g/mol. The number of fused-ring (bicyclic) bond motifs is 5. The smallest absolute Gasteiger partial charge is 0.265 e. The number of aliphatic hydroxyl groups excluding tert-OH is 2. The van der Waals surface area contributed by atoms with Gasteiger partial charge in [0.2, 0.25) is 0 Å². The first kappa shape index (κ1) is 45.4. The molecule has 0 spiro atoms. The Bertz CT molecular complexity index is 2060. The van der Waals surface area contributed by atoms with Gasteiger partial charge in [0.25, 0.3) is 6.71 Å². The van der Waals surface area contributed by atoms with Gasteiger partial charge < -0.3 is 15.3 Å². The highest BCUT2D eigenvalue weighted by Gasteiger charge is 2.69. The Labute approximate surface area is 330 Å². The molecule has 4 saturated carbocycles. The Hall–Kier alpha value is -4.11. The van der Waals surface area contributed by atoms with Crippen LogP contribution < -0.4 is 16.4 Å². The Morgan fingerprint density at radius 2 is 0.983 bits per heavy atom. The lowest BCUT2D eigenvalue weighted by Gasteiger charge is -2.60. The van der Waals surface area contributed by atoms with E-state index in [1.165, 1.54) is 0 Å². The van der Waals surface area contributed by atoms with Gasteiger partial charge in [-0.3, -0.25) is 9.59 Å². The molecule has 4 aliphatic carbocycles. The summed E-state index contributed by atoms with van der Waals surface area (Å²) >= 11 is 0. The van der Waals surface area contributed by atoms with E-state index in [9.17, 15) is 90.8 Å². The number of hydrogen-bond acceptors (Lipinski definition) is 5. The third-order valence-electron chi connectivity index (χ3n) is 13.7. The zero-order chi connectivity index (χ0) is 44.9. The van der Waals surface area contributed by atoms with Gasteiger partial charge in [-0.1, -0.05) is 13.8 Å². The molecule has 0 aliphatic heterocycles. The van der Waals surface area contributed by atoms with Crippen LogP contribution in [0.15, 0.2) is 0 Å². The van der Waals surface area contributed by atoms with Crippen molar-refractivity contribution in [2.45, 2.75) is 76.9 Å². The number of rotatable bonds is 5. The molecule has 0 heterocycles. The molecule has 326 valence electrons. The summed E-state index contributed by atoms with van der Waals surface area (Å²) in [6.45, 7) is -0.496. The number of carbonyl (C=O) groups is 2. The van der Waals surface area contributed by atoms with Crippen LogP contribution in [0, 0.1) is 122 Å². The molecule has 3 N–H and O–H groups in total. The highest BCUT2D eigenvalue weighted by molar-refractivity contribution is 6.95. The fraction of sp³-hybridized carbons (Fsp3) is 0.487. The Morgan fingerprint density at radius 1 is 0.600 bits per heavy atom. The van der Waals surface area contributed by atoms with Gasteiger partial charge in [-0.15, -0.1) is 0 Å². The molecule has 0 saturated heterocycles. The fourth-order valence-electron chi connectivity index (χ4n) is 10.7. The molecule has 3 aromatic carbocycles. The molecular formula is C39H32BF15O5. The summed E-state index contributed by atoms with van der Waals surface area (Å²) in [6.07, 6.45) is 5.47. The lowest BCUT2D eigenvalue weighted by molar-refractivity contribution is -0.180. The average Bonchev–Trinajstić information content (AvgIpc) is 3.49. The molecule has 4 aliphatic rings. The zero-order valence-corrected chi connectivity index (χ0v) is 31.2. The van der Waals surface area contributed by atoms with E-state index < -0.39 is 134 Å². The Morgan fingerprint density at radius 3 is 1.37 bits per heavy atom. The molecule has 0 bridgehead atoms. The van der Waals surface area contributed by atoms with E-state index in [4.69, 9.17) is 0 Å². The van der Waals surface area contributed by atoms with Crippen LogP contribution in [0.25, 0.3) is 0 Å². The maximum absolute atomic E-state index is 14.4. The summed E-state index contributed by atoms with van der Waals surface area (Å²) in [5.74, 6) is -44.8. The van der Waals surface area contributed by atoms with Crippen molar-refractivity contribution in [1.29, 1.82) is 0 Å². The minimum atomic E-state index is -3.96. The normalized spacial score (nSPS) is 29.7. The van der Waals surface area contributed by atoms with Gasteiger partial charge in [0, 0.05) is 34.1 Å². The minimum absolute atomic E-state index is 0.0154. The topological polar surface area (TPSA) is 94.8 Å². The minimum Gasteiger partial charge on any atom is -0.393 e. The number of Topliss-reactive ketones (excluding diaryl/α,β-unsaturated/α-hetero) is 2. The molecular weight excluding hydrogens is 844 g/mol. The predicted octanol–water partition coefficient (Wildman–Crippen LogP) is 6.15. The summed E-state index contributed by atoms with van der Waals surface area (Å²) in [5.41, 5.74) is -10.4. The van der Waals surface area contributed by atoms with E-state index in [1.807, 2.05) is 6.92 Å². The van der Waals surface area contributed by atoms with Crippen LogP contribution in [0.2, 0.25) is 0 Å². The predicted molar refractivity (Wildman–Crippen MR) is 179 cm³/mol. The van der Waals surface area contributed by atoms with Crippen LogP contribution in [-0.2, 0) is 9.59 Å². The molecule has 60 heavy (non-hydrogen) atoms. The number of benzene rings is 3. The van der Waals surface area contributed by atoms with Crippen LogP contribution in [0.4, 0.5) is 65.9 Å². The van der Waals surface area contributed by atoms with E-state index in [-0.39, 0.29) is 41.5 Å². The zero-order valence-electron chi connectivity index (χ0n) is 31.2. The SMILES string of the molecule is C[C@]12CC[C@@H](O)C[C@H]1CC[C@@H]1[C@@H]2C(=O)C[C@@]2(C)[C@H]1CC[C@]2(O)C(=O)CO.Fc1c(F)c(F)c(B(c2c(F)c(F)c(F)c(F)c2F)c2c(F)c(F)c(F)c(F)c2F)c(F)c1F. The number of ketones is 2. The number of aliphatic hydroxyl groups is 3. The summed E-state index contributed by atoms with van der Waals surface area (Å²) in [7, 11) is 0. The van der Waals surface area contributed by atoms with Gasteiger partial charge >= 0.3 is 0 Å². The summed E-state index contributed by atoms with van der Waals surface area (Å²) < 4.78 is 209. The first-order chi connectivity index (χ1) is 27.8. The molecule has 0 radical (unpaired) electrons. The van der Waals surface area contributed by atoms with Crippen molar-refractivity contribution < 1.29 is 90.8 Å². The van der Waals surface area contributed by atoms with Gasteiger partial charge in [0.05, 0.1) is 6.10 Å². The van der Waals surface area contributed by atoms with Gasteiger partial charge in [0.1, 0.15) is 18.0 Å². The first-order valence-corrected chi connectivity index (χ1v) is 18.4. The largest absolute Gasteiger partial charge is 0.393 e. The quantitative estimate of drug-likeness (QED) is 0.124. The van der Waals surface area contributed by atoms with Gasteiger partial charge in [-0.2, -0.15) is 0 Å². The lowest BCUT2D eigenvalue weighted by atomic mass is 9.36. The van der Waals surface area contributed by atoms with Gasteiger partial charge in [0.15, 0.2) is 93.0 Å². The van der Waals surface area contributed by atoms with E-state index in [0.717, 1.165) is 38.5 Å². The molecule has 0 unspecified atom stereocenters. The van der Waals surface area contributed by atoms with Crippen LogP contribution in [0.1, 0.15) is 65.2 Å². The van der Waals surface area contributed by atoms with E-state index >= 15 is 0 Å². The molecule has 21 heteroatoms. The van der Waals surface area contributed by atoms with Crippen LogP contribution >= 0.6 is 0 Å². The fourth-order valence-corrected chi connectivity index (χ4v) is 10.7. The van der Waals surface area contributed by atoms with E-state index in [1.54, 1.807) is 0 Å². The van der Waals surface area contributed by atoms with Gasteiger partial charge in [-0.25, -0.2) is 65.9 Å². The van der Waals surface area contributed by atoms with Gasteiger partial charge in [-0.05, 0) is 68.1 Å². The maximum Gasteiger partial charge on any atom is 0.265 e. The highest BCUT2D eigenvalue weighted by Crippen LogP contribution is 2.67. The van der Waals surface area contributed by atoms with Crippen molar-refractivity contribution in [3.63, 3.8) is 0 Å². The molecule has 0 aromatic heterocycles. The number of halogens is 15. The third kappa shape index (κ3) is 6.45. The standard InChI is InChI=1S/C21H32O5.C18BF15/c1-19-7-5-13(23)9-12(19)3-4-14-15-6-8-21(26,17(25)11-22)20(15,2)10-16(24)18(14)19;20-4-1(5(21)11(27)16(32)10(4)26)19(2-6(22)12(28)17(33)13(29)7(2)23)3-8(24)14(30)18(34)15(31)9(3)25/h12-15,18,22-23,26H,3-11H2,1-2H3;/t12-,13-,14+,15+,18-,19+,20+,21+;/m1./s1. The van der Waals surface area contributed by atoms with Crippen molar-refractivity contribution in [2.75, 3.05) is 6.61 Å². The second-order valence-corrected chi connectivity index (χ2v) is 16.4. The van der Waals surface area contributed by atoms with E-state index in [0.29, 0.717) is 12.3 Å². The van der Waals surface area contributed by atoms with Crippen LogP contribution in [0.3, 0.4) is 0 Å². The van der Waals surface area contributed by atoms with Crippen molar-refractivity contribution in [3.05, 3.63) is 87.3 Å². The Balaban J connectivity index is 0.000000208. The number of hydrogen-bond donors (Lipinski definition) is 3. The first-order valence-electron chi connectivity index (χ1n) is 18.4. The molecule has 5 nitrogen and oxygen atoms in total. The molecule has 0 amide bonds. The molecule has 3 aromatic rings. The molecule has 7 rings (SSSR count). The lowest BCUT2D eigenvalue weighted by Crippen LogP contribution is -2.62. The van der Waals surface area contributed by atoms with Crippen LogP contribution in [0.5, 0.6) is 0 Å². The molecule has 4 fully saturated rings. The molecule has 8 atom stereocenters. The second-order valence-electron chi connectivity index (χ2n) is 16.4. The van der Waals surface area contributed by atoms with Crippen molar-refractivity contribution in [2.24, 2.45) is 34.5 Å². The second kappa shape index (κ2) is 15.7. The highest BCUT2D eigenvalue weighted by atomic mass is 19.2. The van der Waals surface area contributed by atoms with Crippen molar-refractivity contribution >= 4 is 34.7 Å². The van der Waals surface area contributed by atoms with Crippen molar-refractivity contribution in [1.82, 2.24) is 0 Å². The summed E-state index contributed by atoms with van der Waals surface area (Å²) in [6, 6.07) is 0. The van der Waals surface area contributed by atoms with Crippen molar-refractivity contribution in [3.8, 4) is 0 Å². The number of carbonyl (C=O) groups excluding carboxylic acids is 2. The average molecular weight is 876 g/mol. The van der Waals surface area contributed by atoms with E-state index in [2.05, 4.69) is 6.92 Å². The summed E-state index contributed by atoms with van der Waals surface area (Å²) in [5, 5.41) is 30.6. The Kier molecular flexibility index (Phi) is 11.9. The maximum atomic E-state index is 14.4. The van der Waals surface area contributed by atoms with Crippen LogP contribution in [-0.4, -0.2) is 51.9 Å². The third-order valence-corrected chi connectivity index (χ3v) is 13.7. The summed E-state index contributed by atoms with van der Waals surface area (Å²) in [4.78, 5) is 25.7.